The van der Waals surface area contributed by atoms with Crippen LogP contribution in [0.15, 0.2) is 42.5 Å². The highest BCUT2D eigenvalue weighted by Gasteiger charge is 2.11. The second-order valence-corrected chi connectivity index (χ2v) is 4.38. The van der Waals surface area contributed by atoms with Crippen LogP contribution in [-0.2, 0) is 4.74 Å². The Labute approximate surface area is 121 Å². The fourth-order valence-electron chi connectivity index (χ4n) is 1.73. The number of hydrogen-bond donors (Lipinski definition) is 1. The van der Waals surface area contributed by atoms with Gasteiger partial charge in [0.2, 0.25) is 0 Å². The van der Waals surface area contributed by atoms with Gasteiger partial charge in [-0.1, -0.05) is 68.2 Å². The minimum absolute atomic E-state index is 0.0209. The Balaban J connectivity index is 2.67. The smallest absolute Gasteiger partial charge is 0.408 e. The lowest BCUT2D eigenvalue weighted by Gasteiger charge is -2.15. The van der Waals surface area contributed by atoms with Crippen LogP contribution < -0.4 is 5.32 Å². The third-order valence-corrected chi connectivity index (χ3v) is 2.77. The van der Waals surface area contributed by atoms with E-state index in [1.54, 1.807) is 0 Å². The first-order chi connectivity index (χ1) is 9.77. The monoisotopic (exact) mass is 271 g/mol. The van der Waals surface area contributed by atoms with Gasteiger partial charge in [-0.3, -0.25) is 0 Å². The van der Waals surface area contributed by atoms with Crippen molar-refractivity contribution in [2.24, 2.45) is 0 Å². The van der Waals surface area contributed by atoms with E-state index in [-0.39, 0.29) is 12.6 Å². The van der Waals surface area contributed by atoms with Gasteiger partial charge in [-0.25, -0.2) is 4.79 Å². The first-order valence-electron chi connectivity index (χ1n) is 6.86. The molecule has 0 fully saturated rings. The summed E-state index contributed by atoms with van der Waals surface area (Å²) >= 11 is 0. The standard InChI is InChI=1S/C17H21NO2/c1-3-5-6-10-13-16(15-11-8-7-9-12-15)18-17(19)20-14-4-2/h2,7-13,16H,3,5-6,14H2,1H3,(H,18,19)/t16-/m1/s1. The van der Waals surface area contributed by atoms with E-state index in [0.717, 1.165) is 24.8 Å². The summed E-state index contributed by atoms with van der Waals surface area (Å²) in [7, 11) is 0. The number of carbonyl (C=O) groups is 1. The Hall–Kier alpha value is -2.21. The Morgan fingerprint density at radius 1 is 1.45 bits per heavy atom. The van der Waals surface area contributed by atoms with E-state index in [0.29, 0.717) is 0 Å². The van der Waals surface area contributed by atoms with Gasteiger partial charge in [-0.15, -0.1) is 6.42 Å². The van der Waals surface area contributed by atoms with Gasteiger partial charge in [0.05, 0.1) is 6.04 Å². The lowest BCUT2D eigenvalue weighted by Crippen LogP contribution is -2.28. The van der Waals surface area contributed by atoms with E-state index < -0.39 is 6.09 Å². The molecule has 0 bridgehead atoms. The summed E-state index contributed by atoms with van der Waals surface area (Å²) in [5, 5.41) is 2.80. The number of alkyl carbamates (subject to hydrolysis) is 1. The zero-order chi connectivity index (χ0) is 14.6. The lowest BCUT2D eigenvalue weighted by atomic mass is 10.1. The van der Waals surface area contributed by atoms with Crippen LogP contribution in [0.2, 0.25) is 0 Å². The van der Waals surface area contributed by atoms with Crippen molar-refractivity contribution in [1.29, 1.82) is 0 Å². The molecule has 0 radical (unpaired) electrons. The molecule has 0 aliphatic carbocycles. The van der Waals surface area contributed by atoms with E-state index in [4.69, 9.17) is 11.2 Å². The molecule has 0 spiro atoms. The van der Waals surface area contributed by atoms with Crippen LogP contribution in [-0.4, -0.2) is 12.7 Å². The van der Waals surface area contributed by atoms with Gasteiger partial charge in [0.25, 0.3) is 0 Å². The summed E-state index contributed by atoms with van der Waals surface area (Å²) in [5.41, 5.74) is 1.01. The van der Waals surface area contributed by atoms with Crippen molar-refractivity contribution in [3.05, 3.63) is 48.0 Å². The molecule has 1 aromatic rings. The third-order valence-electron chi connectivity index (χ3n) is 2.77. The summed E-state index contributed by atoms with van der Waals surface area (Å²) in [6.07, 6.45) is 11.9. The zero-order valence-electron chi connectivity index (χ0n) is 11.8. The molecule has 0 saturated carbocycles. The molecule has 0 aliphatic rings. The number of carbonyl (C=O) groups excluding carboxylic acids is 1. The average molecular weight is 271 g/mol. The van der Waals surface area contributed by atoms with Crippen LogP contribution in [0.1, 0.15) is 37.8 Å². The normalized spacial score (nSPS) is 11.8. The molecule has 0 saturated heterocycles. The molecule has 0 heterocycles. The minimum Gasteiger partial charge on any atom is -0.436 e. The number of benzene rings is 1. The van der Waals surface area contributed by atoms with Gasteiger partial charge in [-0.05, 0) is 12.0 Å². The van der Waals surface area contributed by atoms with Crippen molar-refractivity contribution in [3.63, 3.8) is 0 Å². The maximum atomic E-state index is 11.6. The SMILES string of the molecule is C#CCOC(=O)N[C@H](C=CCCCC)c1ccccc1. The highest BCUT2D eigenvalue weighted by molar-refractivity contribution is 5.68. The number of ether oxygens (including phenoxy) is 1. The summed E-state index contributed by atoms with van der Waals surface area (Å²) in [4.78, 5) is 11.6. The molecule has 3 nitrogen and oxygen atoms in total. The van der Waals surface area contributed by atoms with E-state index in [1.165, 1.54) is 0 Å². The Morgan fingerprint density at radius 3 is 2.85 bits per heavy atom. The van der Waals surface area contributed by atoms with Crippen molar-refractivity contribution in [2.75, 3.05) is 6.61 Å². The average Bonchev–Trinajstić information content (AvgIpc) is 2.49. The Morgan fingerprint density at radius 2 is 2.20 bits per heavy atom. The molecular formula is C17H21NO2. The number of allylic oxidation sites excluding steroid dienone is 1. The summed E-state index contributed by atoms with van der Waals surface area (Å²) < 4.78 is 4.85. The van der Waals surface area contributed by atoms with Gasteiger partial charge < -0.3 is 10.1 Å². The summed E-state index contributed by atoms with van der Waals surface area (Å²) in [5.74, 6) is 2.27. The van der Waals surface area contributed by atoms with Crippen molar-refractivity contribution in [3.8, 4) is 12.3 Å². The Kier molecular flexibility index (Phi) is 7.67. The molecule has 1 N–H and O–H groups in total. The molecule has 1 aromatic carbocycles. The number of terminal acetylenes is 1. The molecule has 106 valence electrons. The van der Waals surface area contributed by atoms with Crippen molar-refractivity contribution >= 4 is 6.09 Å². The largest absolute Gasteiger partial charge is 0.436 e. The van der Waals surface area contributed by atoms with Crippen molar-refractivity contribution < 1.29 is 9.53 Å². The van der Waals surface area contributed by atoms with Gasteiger partial charge in [0.1, 0.15) is 0 Å². The third kappa shape index (κ3) is 6.10. The zero-order valence-corrected chi connectivity index (χ0v) is 11.8. The van der Waals surface area contributed by atoms with E-state index in [1.807, 2.05) is 36.4 Å². The Bertz CT molecular complexity index is 460. The second-order valence-electron chi connectivity index (χ2n) is 4.38. The molecule has 0 unspecified atom stereocenters. The van der Waals surface area contributed by atoms with Gasteiger partial charge in [0, 0.05) is 0 Å². The summed E-state index contributed by atoms with van der Waals surface area (Å²) in [6.45, 7) is 2.13. The molecular weight excluding hydrogens is 250 g/mol. The number of rotatable bonds is 7. The predicted molar refractivity (Wildman–Crippen MR) is 81.2 cm³/mol. The van der Waals surface area contributed by atoms with Gasteiger partial charge in [0.15, 0.2) is 6.61 Å². The maximum absolute atomic E-state index is 11.6. The van der Waals surface area contributed by atoms with Crippen LogP contribution in [0.25, 0.3) is 0 Å². The van der Waals surface area contributed by atoms with E-state index >= 15 is 0 Å². The number of unbranched alkanes of at least 4 members (excludes halogenated alkanes) is 2. The first kappa shape index (κ1) is 15.8. The summed E-state index contributed by atoms with van der Waals surface area (Å²) in [6, 6.07) is 9.57. The number of amides is 1. The second kappa shape index (κ2) is 9.69. The van der Waals surface area contributed by atoms with Crippen LogP contribution >= 0.6 is 0 Å². The minimum atomic E-state index is -0.503. The van der Waals surface area contributed by atoms with Gasteiger partial charge in [-0.2, -0.15) is 0 Å². The van der Waals surface area contributed by atoms with Crippen molar-refractivity contribution in [2.45, 2.75) is 32.2 Å². The molecule has 0 aliphatic heterocycles. The first-order valence-corrected chi connectivity index (χ1v) is 6.86. The quantitative estimate of drug-likeness (QED) is 0.465. The topological polar surface area (TPSA) is 38.3 Å². The van der Waals surface area contributed by atoms with Crippen LogP contribution in [0.5, 0.6) is 0 Å². The van der Waals surface area contributed by atoms with Crippen molar-refractivity contribution in [1.82, 2.24) is 5.32 Å². The molecule has 1 atom stereocenters. The van der Waals surface area contributed by atoms with Crippen LogP contribution in [0, 0.1) is 12.3 Å². The molecule has 20 heavy (non-hydrogen) atoms. The molecule has 3 heteroatoms. The lowest BCUT2D eigenvalue weighted by molar-refractivity contribution is 0.158. The maximum Gasteiger partial charge on any atom is 0.408 e. The molecule has 0 aromatic heterocycles. The number of hydrogen-bond acceptors (Lipinski definition) is 2. The molecule has 1 amide bonds. The van der Waals surface area contributed by atoms with Gasteiger partial charge >= 0.3 is 6.09 Å². The van der Waals surface area contributed by atoms with E-state index in [9.17, 15) is 4.79 Å². The fraction of sp³-hybridized carbons (Fsp3) is 0.353. The van der Waals surface area contributed by atoms with Crippen LogP contribution in [0.3, 0.4) is 0 Å². The fourth-order valence-corrected chi connectivity index (χ4v) is 1.73. The highest BCUT2D eigenvalue weighted by atomic mass is 16.5. The van der Waals surface area contributed by atoms with E-state index in [2.05, 4.69) is 24.2 Å². The van der Waals surface area contributed by atoms with Crippen LogP contribution in [0.4, 0.5) is 4.79 Å². The highest BCUT2D eigenvalue weighted by Crippen LogP contribution is 2.15. The molecule has 1 rings (SSSR count). The predicted octanol–water partition coefficient (Wildman–Crippen LogP) is 3.83. The number of nitrogens with one attached hydrogen (secondary N) is 1.